The van der Waals surface area contributed by atoms with Crippen LogP contribution in [0.2, 0.25) is 0 Å². The van der Waals surface area contributed by atoms with Gasteiger partial charge in [0.1, 0.15) is 0 Å². The smallest absolute Gasteiger partial charge is 0.321 e. The first kappa shape index (κ1) is 20.1. The van der Waals surface area contributed by atoms with Crippen LogP contribution in [0.4, 0.5) is 4.79 Å². The summed E-state index contributed by atoms with van der Waals surface area (Å²) in [5.41, 5.74) is 4.09. The summed E-state index contributed by atoms with van der Waals surface area (Å²) in [7, 11) is 1.87. The highest BCUT2D eigenvalue weighted by atomic mass is 16.2. The van der Waals surface area contributed by atoms with Gasteiger partial charge in [0.25, 0.3) is 0 Å². The Labute approximate surface area is 166 Å². The number of imide groups is 1. The van der Waals surface area contributed by atoms with E-state index in [1.165, 1.54) is 0 Å². The van der Waals surface area contributed by atoms with Crippen LogP contribution in [0, 0.1) is 13.8 Å². The number of para-hydroxylation sites is 1. The van der Waals surface area contributed by atoms with Gasteiger partial charge in [0, 0.05) is 23.8 Å². The molecule has 0 radical (unpaired) electrons. The molecule has 0 bridgehead atoms. The highest BCUT2D eigenvalue weighted by Crippen LogP contribution is 2.19. The van der Waals surface area contributed by atoms with Crippen molar-refractivity contribution in [2.45, 2.75) is 52.1 Å². The molecule has 3 amide bonds. The van der Waals surface area contributed by atoms with E-state index in [0.29, 0.717) is 6.54 Å². The minimum Gasteiger partial charge on any atom is -0.335 e. The van der Waals surface area contributed by atoms with Gasteiger partial charge in [-0.25, -0.2) is 9.48 Å². The first-order valence-electron chi connectivity index (χ1n) is 9.83. The normalized spacial score (nSPS) is 14.4. The summed E-state index contributed by atoms with van der Waals surface area (Å²) < 4.78 is 1.92. The Hall–Kier alpha value is -2.67. The molecular formula is C21H29N5O2. The second-order valence-corrected chi connectivity index (χ2v) is 7.57. The molecule has 150 valence electrons. The van der Waals surface area contributed by atoms with Crippen LogP contribution in [-0.4, -0.2) is 46.3 Å². The molecular weight excluding hydrogens is 354 g/mol. The third kappa shape index (κ3) is 4.98. The number of aromatic nitrogens is 2. The summed E-state index contributed by atoms with van der Waals surface area (Å²) in [6.07, 6.45) is 4.25. The third-order valence-corrected chi connectivity index (χ3v) is 5.23. The zero-order chi connectivity index (χ0) is 20.1. The van der Waals surface area contributed by atoms with Gasteiger partial charge in [0.15, 0.2) is 0 Å². The minimum atomic E-state index is -0.394. The SMILES string of the molecule is Cc1nn(-c2ccccc2)c(C)c1CN(C)CC(=O)NC(=O)NC1CCCC1. The van der Waals surface area contributed by atoms with E-state index < -0.39 is 6.03 Å². The van der Waals surface area contributed by atoms with Gasteiger partial charge in [0.05, 0.1) is 17.9 Å². The fourth-order valence-corrected chi connectivity index (χ4v) is 3.75. The van der Waals surface area contributed by atoms with Gasteiger partial charge in [-0.1, -0.05) is 31.0 Å². The number of carbonyl (C=O) groups is 2. The van der Waals surface area contributed by atoms with Gasteiger partial charge >= 0.3 is 6.03 Å². The first-order chi connectivity index (χ1) is 13.4. The Kier molecular flexibility index (Phi) is 6.46. The van der Waals surface area contributed by atoms with E-state index in [1.807, 2.05) is 60.8 Å². The molecule has 0 unspecified atom stereocenters. The number of aryl methyl sites for hydroxylation is 1. The van der Waals surface area contributed by atoms with E-state index in [2.05, 4.69) is 15.7 Å². The molecule has 1 aromatic heterocycles. The summed E-state index contributed by atoms with van der Waals surface area (Å²) in [6, 6.07) is 9.78. The fourth-order valence-electron chi connectivity index (χ4n) is 3.75. The van der Waals surface area contributed by atoms with Gasteiger partial charge in [-0.2, -0.15) is 5.10 Å². The van der Waals surface area contributed by atoms with Crippen molar-refractivity contribution >= 4 is 11.9 Å². The van der Waals surface area contributed by atoms with E-state index >= 15 is 0 Å². The number of benzene rings is 1. The lowest BCUT2D eigenvalue weighted by atomic mass is 10.2. The largest absolute Gasteiger partial charge is 0.335 e. The van der Waals surface area contributed by atoms with E-state index in [4.69, 9.17) is 0 Å². The summed E-state index contributed by atoms with van der Waals surface area (Å²) >= 11 is 0. The number of rotatable bonds is 6. The van der Waals surface area contributed by atoms with Gasteiger partial charge in [-0.3, -0.25) is 15.0 Å². The van der Waals surface area contributed by atoms with Crippen LogP contribution < -0.4 is 10.6 Å². The zero-order valence-electron chi connectivity index (χ0n) is 16.9. The predicted octanol–water partition coefficient (Wildman–Crippen LogP) is 2.69. The molecule has 1 heterocycles. The lowest BCUT2D eigenvalue weighted by Crippen LogP contribution is -2.46. The van der Waals surface area contributed by atoms with Crippen LogP contribution in [0.1, 0.15) is 42.6 Å². The second-order valence-electron chi connectivity index (χ2n) is 7.57. The van der Waals surface area contributed by atoms with Crippen molar-refractivity contribution in [3.8, 4) is 5.69 Å². The standard InChI is InChI=1S/C21H29N5O2/c1-15-19(16(2)26(24-15)18-11-5-4-6-12-18)13-25(3)14-20(27)23-21(28)22-17-9-7-8-10-17/h4-6,11-12,17H,7-10,13-14H2,1-3H3,(H2,22,23,27,28). The maximum Gasteiger partial charge on any atom is 0.321 e. The molecule has 2 N–H and O–H groups in total. The molecule has 3 rings (SSSR count). The monoisotopic (exact) mass is 383 g/mol. The highest BCUT2D eigenvalue weighted by molar-refractivity contribution is 5.95. The molecule has 1 aliphatic carbocycles. The lowest BCUT2D eigenvalue weighted by Gasteiger charge is -2.17. The molecule has 7 nitrogen and oxygen atoms in total. The maximum atomic E-state index is 12.2. The van der Waals surface area contributed by atoms with Crippen LogP contribution in [-0.2, 0) is 11.3 Å². The third-order valence-electron chi connectivity index (χ3n) is 5.23. The molecule has 1 saturated carbocycles. The van der Waals surface area contributed by atoms with Crippen molar-refractivity contribution in [2.75, 3.05) is 13.6 Å². The molecule has 28 heavy (non-hydrogen) atoms. The molecule has 0 atom stereocenters. The highest BCUT2D eigenvalue weighted by Gasteiger charge is 2.19. The van der Waals surface area contributed by atoms with Crippen molar-refractivity contribution < 1.29 is 9.59 Å². The van der Waals surface area contributed by atoms with E-state index in [0.717, 1.165) is 48.3 Å². The number of likely N-dealkylation sites (N-methyl/N-ethyl adjacent to an activating group) is 1. The average Bonchev–Trinajstić information content (AvgIpc) is 3.25. The summed E-state index contributed by atoms with van der Waals surface area (Å²) in [5, 5.41) is 9.95. The molecule has 1 aromatic carbocycles. The van der Waals surface area contributed by atoms with E-state index in [-0.39, 0.29) is 18.5 Å². The first-order valence-corrected chi connectivity index (χ1v) is 9.83. The Morgan fingerprint density at radius 1 is 1.18 bits per heavy atom. The van der Waals surface area contributed by atoms with Crippen LogP contribution in [0.3, 0.4) is 0 Å². The Balaban J connectivity index is 1.55. The number of hydrogen-bond donors (Lipinski definition) is 2. The average molecular weight is 383 g/mol. The molecule has 1 aliphatic rings. The second kappa shape index (κ2) is 9.01. The van der Waals surface area contributed by atoms with Crippen LogP contribution >= 0.6 is 0 Å². The van der Waals surface area contributed by atoms with Crippen LogP contribution in [0.15, 0.2) is 30.3 Å². The predicted molar refractivity (Wildman–Crippen MR) is 108 cm³/mol. The Morgan fingerprint density at radius 2 is 1.86 bits per heavy atom. The Bertz CT molecular complexity index is 825. The number of amides is 3. The van der Waals surface area contributed by atoms with Crippen LogP contribution in [0.25, 0.3) is 5.69 Å². The molecule has 0 spiro atoms. The Morgan fingerprint density at radius 3 is 2.54 bits per heavy atom. The zero-order valence-corrected chi connectivity index (χ0v) is 16.9. The van der Waals surface area contributed by atoms with Crippen molar-refractivity contribution in [3.05, 3.63) is 47.3 Å². The summed E-state index contributed by atoms with van der Waals surface area (Å²) in [5.74, 6) is -0.302. The van der Waals surface area contributed by atoms with Gasteiger partial charge < -0.3 is 5.32 Å². The quantitative estimate of drug-likeness (QED) is 0.804. The lowest BCUT2D eigenvalue weighted by molar-refractivity contribution is -0.121. The van der Waals surface area contributed by atoms with Crippen molar-refractivity contribution in [2.24, 2.45) is 0 Å². The molecule has 1 fully saturated rings. The number of nitrogens with zero attached hydrogens (tertiary/aromatic N) is 3. The van der Waals surface area contributed by atoms with Crippen molar-refractivity contribution in [3.63, 3.8) is 0 Å². The fraction of sp³-hybridized carbons (Fsp3) is 0.476. The molecule has 2 aromatic rings. The summed E-state index contributed by atoms with van der Waals surface area (Å²) in [4.78, 5) is 26.0. The minimum absolute atomic E-state index is 0.146. The van der Waals surface area contributed by atoms with E-state index in [9.17, 15) is 9.59 Å². The molecule has 7 heteroatoms. The maximum absolute atomic E-state index is 12.2. The van der Waals surface area contributed by atoms with Gasteiger partial charge in [0.2, 0.25) is 5.91 Å². The number of carbonyl (C=O) groups excluding carboxylic acids is 2. The van der Waals surface area contributed by atoms with Crippen LogP contribution in [0.5, 0.6) is 0 Å². The number of nitrogens with one attached hydrogen (secondary N) is 2. The topological polar surface area (TPSA) is 79.3 Å². The van der Waals surface area contributed by atoms with Gasteiger partial charge in [-0.15, -0.1) is 0 Å². The molecule has 0 aliphatic heterocycles. The summed E-state index contributed by atoms with van der Waals surface area (Å²) in [6.45, 7) is 4.74. The molecule has 0 saturated heterocycles. The van der Waals surface area contributed by atoms with Crippen molar-refractivity contribution in [1.29, 1.82) is 0 Å². The van der Waals surface area contributed by atoms with E-state index in [1.54, 1.807) is 0 Å². The number of urea groups is 1. The van der Waals surface area contributed by atoms with Gasteiger partial charge in [-0.05, 0) is 45.9 Å². The number of hydrogen-bond acceptors (Lipinski definition) is 4. The van der Waals surface area contributed by atoms with Crippen molar-refractivity contribution in [1.82, 2.24) is 25.3 Å².